The van der Waals surface area contributed by atoms with Crippen LogP contribution in [0.5, 0.6) is 5.75 Å². The van der Waals surface area contributed by atoms with Gasteiger partial charge in [-0.25, -0.2) is 0 Å². The van der Waals surface area contributed by atoms with E-state index in [0.29, 0.717) is 12.2 Å². The molecule has 1 aromatic carbocycles. The molecule has 0 radical (unpaired) electrons. The van der Waals surface area contributed by atoms with Gasteiger partial charge in [0.15, 0.2) is 0 Å². The summed E-state index contributed by atoms with van der Waals surface area (Å²) in [4.78, 5) is 0. The van der Waals surface area contributed by atoms with E-state index in [0.717, 1.165) is 17.1 Å². The zero-order valence-electron chi connectivity index (χ0n) is 9.43. The van der Waals surface area contributed by atoms with Gasteiger partial charge >= 0.3 is 0 Å². The molecule has 0 aliphatic carbocycles. The summed E-state index contributed by atoms with van der Waals surface area (Å²) in [6.07, 6.45) is 0. The third kappa shape index (κ3) is 2.77. The summed E-state index contributed by atoms with van der Waals surface area (Å²) < 4.78 is 5.36. The number of hydrogen-bond donors (Lipinski definition) is 1. The lowest BCUT2D eigenvalue weighted by Gasteiger charge is -2.06. The van der Waals surface area contributed by atoms with Gasteiger partial charge in [-0.15, -0.1) is 11.3 Å². The highest BCUT2D eigenvalue weighted by Crippen LogP contribution is 2.25. The first-order valence-corrected chi connectivity index (χ1v) is 6.24. The molecule has 0 aliphatic rings. The predicted molar refractivity (Wildman–Crippen MR) is 69.9 cm³/mol. The zero-order valence-corrected chi connectivity index (χ0v) is 10.3. The Morgan fingerprint density at radius 2 is 2.06 bits per heavy atom. The zero-order chi connectivity index (χ0) is 12.1. The molecule has 86 valence electrons. The van der Waals surface area contributed by atoms with Gasteiger partial charge in [0, 0.05) is 16.4 Å². The van der Waals surface area contributed by atoms with E-state index in [9.17, 15) is 0 Å². The Bertz CT molecular complexity index is 525. The van der Waals surface area contributed by atoms with E-state index >= 15 is 0 Å². The fraction of sp³-hybridized carbons (Fsp3) is 0.154. The van der Waals surface area contributed by atoms with Gasteiger partial charge in [-0.1, -0.05) is 0 Å². The van der Waals surface area contributed by atoms with E-state index in [1.54, 1.807) is 0 Å². The fourth-order valence-electron chi connectivity index (χ4n) is 1.44. The summed E-state index contributed by atoms with van der Waals surface area (Å²) in [6, 6.07) is 9.83. The summed E-state index contributed by atoms with van der Waals surface area (Å²) in [5, 5.41) is 15.9. The molecule has 0 spiro atoms. The van der Waals surface area contributed by atoms with Gasteiger partial charge in [0.25, 0.3) is 0 Å². The monoisotopic (exact) mass is 244 g/mol. The Balaban J connectivity index is 2.12. The molecule has 1 N–H and O–H groups in total. The van der Waals surface area contributed by atoms with Gasteiger partial charge in [0.2, 0.25) is 0 Å². The second-order valence-corrected chi connectivity index (χ2v) is 4.14. The Labute approximate surface area is 104 Å². The molecular formula is C13H12N2OS. The van der Waals surface area contributed by atoms with Crippen LogP contribution < -0.4 is 10.1 Å². The first-order valence-electron chi connectivity index (χ1n) is 5.29. The Morgan fingerprint density at radius 1 is 1.29 bits per heavy atom. The molecule has 0 bridgehead atoms. The molecule has 2 rings (SSSR count). The summed E-state index contributed by atoms with van der Waals surface area (Å²) in [7, 11) is 0. The van der Waals surface area contributed by atoms with E-state index in [1.165, 1.54) is 11.3 Å². The van der Waals surface area contributed by atoms with Crippen molar-refractivity contribution in [2.75, 3.05) is 11.9 Å². The molecule has 2 aromatic rings. The molecule has 0 atom stereocenters. The highest BCUT2D eigenvalue weighted by Gasteiger charge is 2.03. The number of nitriles is 1. The van der Waals surface area contributed by atoms with Crippen LogP contribution in [-0.4, -0.2) is 6.61 Å². The van der Waals surface area contributed by atoms with Gasteiger partial charge in [0.1, 0.15) is 11.8 Å². The molecule has 0 saturated heterocycles. The maximum atomic E-state index is 8.90. The molecule has 3 nitrogen and oxygen atoms in total. The second kappa shape index (κ2) is 5.37. The van der Waals surface area contributed by atoms with Gasteiger partial charge in [-0.2, -0.15) is 5.26 Å². The highest BCUT2D eigenvalue weighted by molar-refractivity contribution is 7.08. The van der Waals surface area contributed by atoms with Crippen molar-refractivity contribution in [3.05, 3.63) is 40.6 Å². The average Bonchev–Trinajstić information content (AvgIpc) is 2.79. The van der Waals surface area contributed by atoms with Crippen LogP contribution in [0.3, 0.4) is 0 Å². The van der Waals surface area contributed by atoms with Crippen molar-refractivity contribution in [2.24, 2.45) is 0 Å². The van der Waals surface area contributed by atoms with Crippen LogP contribution >= 0.6 is 11.3 Å². The number of thiophene rings is 1. The minimum absolute atomic E-state index is 0.663. The Hall–Kier alpha value is -1.99. The van der Waals surface area contributed by atoms with Crippen LogP contribution in [-0.2, 0) is 0 Å². The number of nitrogens with zero attached hydrogens (tertiary/aromatic N) is 1. The molecular weight excluding hydrogens is 232 g/mol. The molecule has 1 aromatic heterocycles. The average molecular weight is 244 g/mol. The molecule has 0 fully saturated rings. The topological polar surface area (TPSA) is 45.0 Å². The van der Waals surface area contributed by atoms with E-state index < -0.39 is 0 Å². The largest absolute Gasteiger partial charge is 0.494 e. The molecule has 0 unspecified atom stereocenters. The van der Waals surface area contributed by atoms with Crippen molar-refractivity contribution < 1.29 is 4.74 Å². The number of ether oxygens (including phenoxy) is 1. The van der Waals surface area contributed by atoms with Crippen molar-refractivity contribution >= 4 is 22.7 Å². The van der Waals surface area contributed by atoms with E-state index in [2.05, 4.69) is 11.4 Å². The molecule has 4 heteroatoms. The molecule has 0 amide bonds. The minimum atomic E-state index is 0.663. The summed E-state index contributed by atoms with van der Waals surface area (Å²) in [6.45, 7) is 2.62. The SMILES string of the molecule is CCOc1ccc(Nc2cscc2C#N)cc1. The minimum Gasteiger partial charge on any atom is -0.494 e. The lowest BCUT2D eigenvalue weighted by atomic mass is 10.2. The second-order valence-electron chi connectivity index (χ2n) is 3.39. The number of nitrogens with one attached hydrogen (secondary N) is 1. The lowest BCUT2D eigenvalue weighted by Crippen LogP contribution is -1.93. The van der Waals surface area contributed by atoms with Crippen LogP contribution in [0.4, 0.5) is 11.4 Å². The summed E-state index contributed by atoms with van der Waals surface area (Å²) in [5.41, 5.74) is 2.47. The van der Waals surface area contributed by atoms with E-state index in [4.69, 9.17) is 10.00 Å². The standard InChI is InChI=1S/C13H12N2OS/c1-2-16-12-5-3-11(4-6-12)15-13-9-17-8-10(13)7-14/h3-6,8-9,15H,2H2,1H3. The highest BCUT2D eigenvalue weighted by atomic mass is 32.1. The number of hydrogen-bond acceptors (Lipinski definition) is 4. The molecule has 0 saturated carbocycles. The lowest BCUT2D eigenvalue weighted by molar-refractivity contribution is 0.340. The van der Waals surface area contributed by atoms with Gasteiger partial charge in [-0.05, 0) is 31.2 Å². The van der Waals surface area contributed by atoms with Gasteiger partial charge < -0.3 is 10.1 Å². The van der Waals surface area contributed by atoms with Gasteiger partial charge in [0.05, 0.1) is 17.9 Å². The van der Waals surface area contributed by atoms with Crippen LogP contribution in [0, 0.1) is 11.3 Å². The van der Waals surface area contributed by atoms with E-state index in [1.807, 2.05) is 41.9 Å². The third-order valence-electron chi connectivity index (χ3n) is 2.23. The number of benzene rings is 1. The smallest absolute Gasteiger partial charge is 0.119 e. The van der Waals surface area contributed by atoms with Crippen molar-refractivity contribution in [3.8, 4) is 11.8 Å². The van der Waals surface area contributed by atoms with E-state index in [-0.39, 0.29) is 0 Å². The van der Waals surface area contributed by atoms with Crippen molar-refractivity contribution in [3.63, 3.8) is 0 Å². The van der Waals surface area contributed by atoms with Crippen LogP contribution in [0.2, 0.25) is 0 Å². The normalized spacial score (nSPS) is 9.65. The summed E-state index contributed by atoms with van der Waals surface area (Å²) >= 11 is 1.51. The third-order valence-corrected chi connectivity index (χ3v) is 2.97. The van der Waals surface area contributed by atoms with Crippen LogP contribution in [0.1, 0.15) is 12.5 Å². The Kier molecular flexibility index (Phi) is 3.63. The van der Waals surface area contributed by atoms with Crippen molar-refractivity contribution in [1.82, 2.24) is 0 Å². The molecule has 0 aliphatic heterocycles. The maximum absolute atomic E-state index is 8.90. The van der Waals surface area contributed by atoms with Crippen LogP contribution in [0.15, 0.2) is 35.0 Å². The first kappa shape index (κ1) is 11.5. The van der Waals surface area contributed by atoms with Crippen molar-refractivity contribution in [1.29, 1.82) is 5.26 Å². The number of anilines is 2. The van der Waals surface area contributed by atoms with Crippen molar-refractivity contribution in [2.45, 2.75) is 6.92 Å². The van der Waals surface area contributed by atoms with Gasteiger partial charge in [-0.3, -0.25) is 0 Å². The Morgan fingerprint density at radius 3 is 2.71 bits per heavy atom. The summed E-state index contributed by atoms with van der Waals surface area (Å²) in [5.74, 6) is 0.851. The molecule has 1 heterocycles. The maximum Gasteiger partial charge on any atom is 0.119 e. The number of rotatable bonds is 4. The predicted octanol–water partition coefficient (Wildman–Crippen LogP) is 3.76. The molecule has 17 heavy (non-hydrogen) atoms. The van der Waals surface area contributed by atoms with Crippen LogP contribution in [0.25, 0.3) is 0 Å². The first-order chi connectivity index (χ1) is 8.33. The fourth-order valence-corrected chi connectivity index (χ4v) is 2.14. The quantitative estimate of drug-likeness (QED) is 0.890.